The van der Waals surface area contributed by atoms with Crippen LogP contribution in [0, 0.1) is 11.7 Å². The summed E-state index contributed by atoms with van der Waals surface area (Å²) in [5.74, 6) is -0.189. The smallest absolute Gasteiger partial charge is 0.127 e. The number of halogens is 2. The first-order valence-corrected chi connectivity index (χ1v) is 5.55. The molecule has 0 aliphatic rings. The van der Waals surface area contributed by atoms with E-state index in [1.807, 2.05) is 13.8 Å². The monoisotopic (exact) mass is 230 g/mol. The quantitative estimate of drug-likeness (QED) is 0.840. The molecule has 1 N–H and O–H groups in total. The van der Waals surface area contributed by atoms with Crippen molar-refractivity contribution in [2.75, 3.05) is 0 Å². The molecule has 0 heterocycles. The Kier molecular flexibility index (Phi) is 4.55. The van der Waals surface area contributed by atoms with Gasteiger partial charge in [0.2, 0.25) is 0 Å². The highest BCUT2D eigenvalue weighted by atomic mass is 35.5. The molecular weight excluding hydrogens is 215 g/mol. The third kappa shape index (κ3) is 3.18. The third-order valence-corrected chi connectivity index (χ3v) is 3.13. The van der Waals surface area contributed by atoms with Crippen LogP contribution in [-0.4, -0.2) is 11.2 Å². The molecule has 84 valence electrons. The molecule has 0 aliphatic heterocycles. The number of aliphatic hydroxyl groups is 1. The van der Waals surface area contributed by atoms with Crippen molar-refractivity contribution >= 4 is 11.6 Å². The fourth-order valence-corrected chi connectivity index (χ4v) is 1.65. The standard InChI is InChI=1S/C12H16ClFO/c1-3-8(2)12(15)7-9-10(13)5-4-6-11(9)14/h4-6,8,12,15H,3,7H2,1-2H3. The zero-order chi connectivity index (χ0) is 11.4. The first-order valence-electron chi connectivity index (χ1n) is 5.17. The second-order valence-corrected chi connectivity index (χ2v) is 4.26. The minimum Gasteiger partial charge on any atom is -0.393 e. The predicted octanol–water partition coefficient (Wildman–Crippen LogP) is 3.43. The molecule has 1 nitrogen and oxygen atoms in total. The van der Waals surface area contributed by atoms with Crippen LogP contribution in [0.2, 0.25) is 5.02 Å². The SMILES string of the molecule is CCC(C)C(O)Cc1c(F)cccc1Cl. The van der Waals surface area contributed by atoms with Gasteiger partial charge in [-0.3, -0.25) is 0 Å². The minimum absolute atomic E-state index is 0.153. The third-order valence-electron chi connectivity index (χ3n) is 2.78. The molecule has 2 unspecified atom stereocenters. The molecule has 0 aliphatic carbocycles. The molecule has 1 rings (SSSR count). The summed E-state index contributed by atoms with van der Waals surface area (Å²) in [5, 5.41) is 10.2. The highest BCUT2D eigenvalue weighted by Gasteiger charge is 2.16. The molecule has 3 heteroatoms. The van der Waals surface area contributed by atoms with E-state index in [-0.39, 0.29) is 18.2 Å². The molecule has 0 aromatic heterocycles. The molecule has 0 saturated carbocycles. The summed E-state index contributed by atoms with van der Waals surface area (Å²) in [7, 11) is 0. The average Bonchev–Trinajstić information content (AvgIpc) is 2.22. The summed E-state index contributed by atoms with van der Waals surface area (Å²) in [6.45, 7) is 3.94. The summed E-state index contributed by atoms with van der Waals surface area (Å²) >= 11 is 5.87. The average molecular weight is 231 g/mol. The lowest BCUT2D eigenvalue weighted by atomic mass is 9.95. The Morgan fingerprint density at radius 3 is 2.67 bits per heavy atom. The predicted molar refractivity (Wildman–Crippen MR) is 60.6 cm³/mol. The Balaban J connectivity index is 2.80. The fraction of sp³-hybridized carbons (Fsp3) is 0.500. The van der Waals surface area contributed by atoms with Crippen LogP contribution >= 0.6 is 11.6 Å². The van der Waals surface area contributed by atoms with Gasteiger partial charge in [0.05, 0.1) is 6.10 Å². The highest BCUT2D eigenvalue weighted by molar-refractivity contribution is 6.31. The van der Waals surface area contributed by atoms with Gasteiger partial charge in [-0.25, -0.2) is 4.39 Å². The van der Waals surface area contributed by atoms with Gasteiger partial charge in [-0.05, 0) is 18.1 Å². The van der Waals surface area contributed by atoms with Gasteiger partial charge in [0.15, 0.2) is 0 Å². The lowest BCUT2D eigenvalue weighted by Gasteiger charge is -2.17. The molecule has 1 aromatic rings. The Morgan fingerprint density at radius 2 is 2.13 bits per heavy atom. The lowest BCUT2D eigenvalue weighted by molar-refractivity contribution is 0.114. The molecule has 15 heavy (non-hydrogen) atoms. The van der Waals surface area contributed by atoms with Crippen LogP contribution in [0.3, 0.4) is 0 Å². The van der Waals surface area contributed by atoms with Crippen LogP contribution in [0.1, 0.15) is 25.8 Å². The molecule has 1 aromatic carbocycles. The molecule has 0 radical (unpaired) electrons. The fourth-order valence-electron chi connectivity index (χ4n) is 1.41. The summed E-state index contributed by atoms with van der Waals surface area (Å²) < 4.78 is 13.4. The number of hydrogen-bond donors (Lipinski definition) is 1. The Bertz CT molecular complexity index is 307. The van der Waals surface area contributed by atoms with E-state index in [0.717, 1.165) is 6.42 Å². The number of aliphatic hydroxyl groups excluding tert-OH is 1. The maximum atomic E-state index is 13.4. The van der Waals surface area contributed by atoms with E-state index in [1.54, 1.807) is 12.1 Å². The van der Waals surface area contributed by atoms with E-state index in [0.29, 0.717) is 10.6 Å². The van der Waals surface area contributed by atoms with E-state index >= 15 is 0 Å². The summed E-state index contributed by atoms with van der Waals surface area (Å²) in [5.41, 5.74) is 0.409. The van der Waals surface area contributed by atoms with E-state index in [2.05, 4.69) is 0 Å². The van der Waals surface area contributed by atoms with Gasteiger partial charge >= 0.3 is 0 Å². The van der Waals surface area contributed by atoms with Gasteiger partial charge in [-0.1, -0.05) is 37.9 Å². The van der Waals surface area contributed by atoms with Crippen molar-refractivity contribution in [3.05, 3.63) is 34.6 Å². The maximum Gasteiger partial charge on any atom is 0.127 e. The Morgan fingerprint density at radius 1 is 1.47 bits per heavy atom. The summed E-state index contributed by atoms with van der Waals surface area (Å²) in [6, 6.07) is 4.57. The number of hydrogen-bond acceptors (Lipinski definition) is 1. The van der Waals surface area contributed by atoms with Crippen LogP contribution in [0.25, 0.3) is 0 Å². The van der Waals surface area contributed by atoms with Crippen molar-refractivity contribution in [2.45, 2.75) is 32.8 Å². The van der Waals surface area contributed by atoms with Crippen LogP contribution < -0.4 is 0 Å². The van der Waals surface area contributed by atoms with Gasteiger partial charge < -0.3 is 5.11 Å². The van der Waals surface area contributed by atoms with Gasteiger partial charge in [0.25, 0.3) is 0 Å². The molecule has 2 atom stereocenters. The molecule has 0 fully saturated rings. The molecular formula is C12H16ClFO. The molecule has 0 amide bonds. The largest absolute Gasteiger partial charge is 0.393 e. The summed E-state index contributed by atoms with van der Waals surface area (Å²) in [4.78, 5) is 0. The van der Waals surface area contributed by atoms with Gasteiger partial charge in [-0.15, -0.1) is 0 Å². The van der Waals surface area contributed by atoms with Crippen molar-refractivity contribution in [3.63, 3.8) is 0 Å². The second kappa shape index (κ2) is 5.47. The maximum absolute atomic E-state index is 13.4. The van der Waals surface area contributed by atoms with Crippen molar-refractivity contribution in [2.24, 2.45) is 5.92 Å². The van der Waals surface area contributed by atoms with Gasteiger partial charge in [-0.2, -0.15) is 0 Å². The van der Waals surface area contributed by atoms with Gasteiger partial charge in [0.1, 0.15) is 5.82 Å². The van der Waals surface area contributed by atoms with E-state index in [1.165, 1.54) is 6.07 Å². The van der Waals surface area contributed by atoms with Crippen LogP contribution in [0.4, 0.5) is 4.39 Å². The van der Waals surface area contributed by atoms with E-state index in [9.17, 15) is 9.50 Å². The van der Waals surface area contributed by atoms with Crippen molar-refractivity contribution in [1.82, 2.24) is 0 Å². The second-order valence-electron chi connectivity index (χ2n) is 3.86. The topological polar surface area (TPSA) is 20.2 Å². The summed E-state index contributed by atoms with van der Waals surface area (Å²) in [6.07, 6.45) is 0.609. The van der Waals surface area contributed by atoms with Crippen molar-refractivity contribution in [1.29, 1.82) is 0 Å². The Labute approximate surface area is 94.9 Å². The zero-order valence-electron chi connectivity index (χ0n) is 9.00. The number of rotatable bonds is 4. The normalized spacial score (nSPS) is 15.0. The molecule has 0 saturated heterocycles. The van der Waals surface area contributed by atoms with Crippen molar-refractivity contribution in [3.8, 4) is 0 Å². The first kappa shape index (κ1) is 12.5. The van der Waals surface area contributed by atoms with E-state index < -0.39 is 6.10 Å². The lowest BCUT2D eigenvalue weighted by Crippen LogP contribution is -2.20. The molecule has 0 bridgehead atoms. The van der Waals surface area contributed by atoms with Crippen molar-refractivity contribution < 1.29 is 9.50 Å². The zero-order valence-corrected chi connectivity index (χ0v) is 9.76. The van der Waals surface area contributed by atoms with Gasteiger partial charge in [0, 0.05) is 17.0 Å². The van der Waals surface area contributed by atoms with Crippen LogP contribution in [0.15, 0.2) is 18.2 Å². The first-order chi connectivity index (χ1) is 7.06. The van der Waals surface area contributed by atoms with E-state index in [4.69, 9.17) is 11.6 Å². The molecule has 0 spiro atoms. The Hall–Kier alpha value is -0.600. The number of benzene rings is 1. The minimum atomic E-state index is -0.538. The van der Waals surface area contributed by atoms with Crippen LogP contribution in [0.5, 0.6) is 0 Å². The highest BCUT2D eigenvalue weighted by Crippen LogP contribution is 2.22. The van der Waals surface area contributed by atoms with Crippen LogP contribution in [-0.2, 0) is 6.42 Å².